The minimum absolute atomic E-state index is 0.116. The van der Waals surface area contributed by atoms with Crippen molar-refractivity contribution in [3.05, 3.63) is 0 Å². The molecular weight excluding hydrogens is 230 g/mol. The van der Waals surface area contributed by atoms with E-state index in [9.17, 15) is 4.79 Å². The van der Waals surface area contributed by atoms with Crippen molar-refractivity contribution < 1.29 is 9.53 Å². The molecule has 0 radical (unpaired) electrons. The number of nitrogens with zero attached hydrogens (tertiary/aromatic N) is 1. The lowest BCUT2D eigenvalue weighted by atomic mass is 9.91. The molecule has 5 nitrogen and oxygen atoms in total. The first-order valence-corrected chi connectivity index (χ1v) is 6.57. The maximum atomic E-state index is 11.5. The third-order valence-electron chi connectivity index (χ3n) is 3.88. The Kier molecular flexibility index (Phi) is 4.75. The number of amides is 1. The number of nitrogens with one attached hydrogen (secondary N) is 1. The lowest BCUT2D eigenvalue weighted by molar-refractivity contribution is -0.125. The van der Waals surface area contributed by atoms with E-state index in [1.165, 1.54) is 0 Å². The van der Waals surface area contributed by atoms with E-state index >= 15 is 0 Å². The molecule has 106 valence electrons. The van der Waals surface area contributed by atoms with E-state index in [2.05, 4.69) is 31.0 Å². The van der Waals surface area contributed by atoms with Gasteiger partial charge in [0.25, 0.3) is 0 Å². The summed E-state index contributed by atoms with van der Waals surface area (Å²) in [5, 5.41) is 3.04. The molecule has 1 aliphatic heterocycles. The van der Waals surface area contributed by atoms with Gasteiger partial charge in [-0.05, 0) is 41.2 Å². The van der Waals surface area contributed by atoms with Crippen LogP contribution in [0.4, 0.5) is 0 Å². The van der Waals surface area contributed by atoms with E-state index in [0.717, 1.165) is 19.7 Å². The molecule has 18 heavy (non-hydrogen) atoms. The molecule has 1 heterocycles. The van der Waals surface area contributed by atoms with Crippen LogP contribution in [0.2, 0.25) is 0 Å². The van der Waals surface area contributed by atoms with Crippen molar-refractivity contribution >= 4 is 5.91 Å². The molecule has 0 aromatic carbocycles. The maximum Gasteiger partial charge on any atom is 0.237 e. The predicted molar refractivity (Wildman–Crippen MR) is 72.3 cm³/mol. The average Bonchev–Trinajstić information content (AvgIpc) is 2.27. The van der Waals surface area contributed by atoms with Gasteiger partial charge in [0.05, 0.1) is 17.7 Å². The van der Waals surface area contributed by atoms with E-state index in [1.807, 2.05) is 6.92 Å². The van der Waals surface area contributed by atoms with Crippen LogP contribution >= 0.6 is 0 Å². The fourth-order valence-corrected chi connectivity index (χ4v) is 2.47. The molecule has 1 saturated heterocycles. The number of rotatable bonds is 5. The number of carbonyl (C=O) groups excluding carboxylic acids is 1. The summed E-state index contributed by atoms with van der Waals surface area (Å²) in [4.78, 5) is 13.9. The Bertz CT molecular complexity index is 307. The molecule has 1 amide bonds. The van der Waals surface area contributed by atoms with E-state index in [0.29, 0.717) is 6.42 Å². The zero-order valence-corrected chi connectivity index (χ0v) is 12.2. The summed E-state index contributed by atoms with van der Waals surface area (Å²) in [6.45, 7) is 10.7. The highest BCUT2D eigenvalue weighted by Gasteiger charge is 2.35. The number of likely N-dealkylation sites (N-methyl/N-ethyl adjacent to an activating group) is 1. The Balaban J connectivity index is 2.64. The van der Waals surface area contributed by atoms with Crippen molar-refractivity contribution in [1.29, 1.82) is 0 Å². The topological polar surface area (TPSA) is 67.6 Å². The van der Waals surface area contributed by atoms with Crippen molar-refractivity contribution in [1.82, 2.24) is 10.2 Å². The van der Waals surface area contributed by atoms with Crippen LogP contribution in [-0.2, 0) is 9.53 Å². The highest BCUT2D eigenvalue weighted by molar-refractivity contribution is 5.84. The minimum atomic E-state index is -0.651. The fraction of sp³-hybridized carbons (Fsp3) is 0.923. The summed E-state index contributed by atoms with van der Waals surface area (Å²) in [5.74, 6) is -0.302. The third-order valence-corrected chi connectivity index (χ3v) is 3.88. The monoisotopic (exact) mass is 257 g/mol. The third kappa shape index (κ3) is 3.67. The Morgan fingerprint density at radius 2 is 2.22 bits per heavy atom. The molecule has 0 bridgehead atoms. The molecule has 0 aromatic rings. The summed E-state index contributed by atoms with van der Waals surface area (Å²) < 4.78 is 5.70. The van der Waals surface area contributed by atoms with Crippen LogP contribution in [0.25, 0.3) is 0 Å². The van der Waals surface area contributed by atoms with Crippen molar-refractivity contribution in [2.75, 3.05) is 26.7 Å². The van der Waals surface area contributed by atoms with Crippen LogP contribution < -0.4 is 11.1 Å². The van der Waals surface area contributed by atoms with Crippen LogP contribution in [0.1, 0.15) is 34.1 Å². The number of hydrogen-bond acceptors (Lipinski definition) is 4. The molecule has 0 aliphatic carbocycles. The minimum Gasteiger partial charge on any atom is -0.373 e. The van der Waals surface area contributed by atoms with Gasteiger partial charge in [0, 0.05) is 19.1 Å². The van der Waals surface area contributed by atoms with Gasteiger partial charge >= 0.3 is 0 Å². The fourth-order valence-electron chi connectivity index (χ4n) is 2.47. The summed E-state index contributed by atoms with van der Waals surface area (Å²) in [6, 6.07) is 0.290. The first-order valence-electron chi connectivity index (χ1n) is 6.57. The SMILES string of the molecule is CNC(C)(CC(C)N1CCOC(C)(C)C1)C(N)=O. The number of morpholine rings is 1. The molecule has 2 atom stereocenters. The Morgan fingerprint density at radius 1 is 1.61 bits per heavy atom. The highest BCUT2D eigenvalue weighted by atomic mass is 16.5. The van der Waals surface area contributed by atoms with Gasteiger partial charge in [-0.1, -0.05) is 0 Å². The molecule has 5 heteroatoms. The van der Waals surface area contributed by atoms with Crippen molar-refractivity contribution in [2.45, 2.75) is 51.3 Å². The predicted octanol–water partition coefficient (Wildman–Crippen LogP) is 0.339. The van der Waals surface area contributed by atoms with Gasteiger partial charge in [-0.15, -0.1) is 0 Å². The van der Waals surface area contributed by atoms with Gasteiger partial charge in [-0.2, -0.15) is 0 Å². The van der Waals surface area contributed by atoms with Gasteiger partial charge < -0.3 is 15.8 Å². The van der Waals surface area contributed by atoms with Crippen molar-refractivity contribution in [2.24, 2.45) is 5.73 Å². The molecular formula is C13H27N3O2. The molecule has 0 saturated carbocycles. The van der Waals surface area contributed by atoms with Gasteiger partial charge in [0.1, 0.15) is 0 Å². The first kappa shape index (κ1) is 15.4. The molecule has 0 aromatic heterocycles. The largest absolute Gasteiger partial charge is 0.373 e. The van der Waals surface area contributed by atoms with Gasteiger partial charge in [0.2, 0.25) is 5.91 Å². The van der Waals surface area contributed by atoms with E-state index in [4.69, 9.17) is 10.5 Å². The average molecular weight is 257 g/mol. The standard InChI is InChI=1S/C13H27N3O2/c1-10(8-13(4,15-5)11(14)17)16-6-7-18-12(2,3)9-16/h10,15H,6-9H2,1-5H3,(H2,14,17). The lowest BCUT2D eigenvalue weighted by Crippen LogP contribution is -2.57. The molecule has 3 N–H and O–H groups in total. The molecule has 1 rings (SSSR count). The van der Waals surface area contributed by atoms with Crippen LogP contribution in [0.5, 0.6) is 0 Å². The number of ether oxygens (including phenoxy) is 1. The van der Waals surface area contributed by atoms with Gasteiger partial charge in [0.15, 0.2) is 0 Å². The van der Waals surface area contributed by atoms with Gasteiger partial charge in [-0.25, -0.2) is 0 Å². The van der Waals surface area contributed by atoms with E-state index < -0.39 is 5.54 Å². The van der Waals surface area contributed by atoms with E-state index in [-0.39, 0.29) is 17.6 Å². The van der Waals surface area contributed by atoms with Crippen LogP contribution in [0.15, 0.2) is 0 Å². The number of carbonyl (C=O) groups is 1. The van der Waals surface area contributed by atoms with Crippen molar-refractivity contribution in [3.63, 3.8) is 0 Å². The number of nitrogens with two attached hydrogens (primary N) is 1. The maximum absolute atomic E-state index is 11.5. The Labute approximate surface area is 110 Å². The second kappa shape index (κ2) is 5.55. The molecule has 2 unspecified atom stereocenters. The summed E-state index contributed by atoms with van der Waals surface area (Å²) in [7, 11) is 1.78. The van der Waals surface area contributed by atoms with E-state index in [1.54, 1.807) is 7.05 Å². The molecule has 1 aliphatic rings. The first-order chi connectivity index (χ1) is 8.20. The van der Waals surface area contributed by atoms with Crippen LogP contribution in [-0.4, -0.2) is 54.7 Å². The van der Waals surface area contributed by atoms with Crippen molar-refractivity contribution in [3.8, 4) is 0 Å². The zero-order chi connectivity index (χ0) is 14.0. The highest BCUT2D eigenvalue weighted by Crippen LogP contribution is 2.22. The Morgan fingerprint density at radius 3 is 2.67 bits per heavy atom. The smallest absolute Gasteiger partial charge is 0.237 e. The molecule has 0 spiro atoms. The summed E-state index contributed by atoms with van der Waals surface area (Å²) in [6.07, 6.45) is 0.703. The van der Waals surface area contributed by atoms with Crippen LogP contribution in [0, 0.1) is 0 Å². The Hall–Kier alpha value is -0.650. The summed E-state index contributed by atoms with van der Waals surface area (Å²) in [5.41, 5.74) is 4.70. The number of hydrogen-bond donors (Lipinski definition) is 2. The quantitative estimate of drug-likeness (QED) is 0.745. The lowest BCUT2D eigenvalue weighted by Gasteiger charge is -2.43. The number of primary amides is 1. The normalized spacial score (nSPS) is 25.4. The summed E-state index contributed by atoms with van der Waals surface area (Å²) >= 11 is 0. The second-order valence-corrected chi connectivity index (χ2v) is 6.08. The van der Waals surface area contributed by atoms with Gasteiger partial charge in [-0.3, -0.25) is 9.69 Å². The second-order valence-electron chi connectivity index (χ2n) is 6.08. The zero-order valence-electron chi connectivity index (χ0n) is 12.2. The van der Waals surface area contributed by atoms with Crippen LogP contribution in [0.3, 0.4) is 0 Å². The molecule has 1 fully saturated rings.